The molecule has 76 heavy (non-hydrogen) atoms. The molecule has 0 spiro atoms. The topological polar surface area (TPSA) is 95.9 Å². The van der Waals surface area contributed by atoms with E-state index in [1.54, 1.807) is 0 Å². The Morgan fingerprint density at radius 3 is 0.934 bits per heavy atom. The van der Waals surface area contributed by atoms with Crippen molar-refractivity contribution in [3.05, 3.63) is 12.2 Å². The molecule has 0 aliphatic heterocycles. The molecule has 1 amide bonds. The van der Waals surface area contributed by atoms with Crippen LogP contribution in [0, 0.1) is 0 Å². The summed E-state index contributed by atoms with van der Waals surface area (Å²) in [5, 5.41) is 23.3. The number of rotatable bonds is 66. The second-order valence-corrected chi connectivity index (χ2v) is 24.2. The van der Waals surface area contributed by atoms with Gasteiger partial charge in [0, 0.05) is 12.8 Å². The Bertz CT molecular complexity index is 1140. The van der Waals surface area contributed by atoms with Crippen molar-refractivity contribution in [3.63, 3.8) is 0 Å². The van der Waals surface area contributed by atoms with Crippen molar-refractivity contribution < 1.29 is 24.5 Å². The van der Waals surface area contributed by atoms with Gasteiger partial charge in [-0.15, -0.1) is 0 Å². The van der Waals surface area contributed by atoms with Crippen molar-refractivity contribution in [1.82, 2.24) is 5.32 Å². The maximum Gasteiger partial charge on any atom is 0.305 e. The van der Waals surface area contributed by atoms with Crippen LogP contribution in [0.1, 0.15) is 399 Å². The van der Waals surface area contributed by atoms with Crippen LogP contribution in [0.5, 0.6) is 0 Å². The van der Waals surface area contributed by atoms with E-state index >= 15 is 0 Å². The molecule has 0 aliphatic carbocycles. The molecule has 0 aromatic heterocycles. The normalized spacial score (nSPS) is 12.5. The molecule has 0 aromatic rings. The Morgan fingerprint density at radius 1 is 0.355 bits per heavy atom. The summed E-state index contributed by atoms with van der Waals surface area (Å²) in [5.41, 5.74) is 0. The van der Waals surface area contributed by atoms with E-state index in [0.29, 0.717) is 25.9 Å². The van der Waals surface area contributed by atoms with Crippen LogP contribution in [-0.4, -0.2) is 47.4 Å². The van der Waals surface area contributed by atoms with Crippen molar-refractivity contribution in [2.24, 2.45) is 0 Å². The highest BCUT2D eigenvalue weighted by atomic mass is 16.5. The molecule has 0 saturated heterocycles. The van der Waals surface area contributed by atoms with Gasteiger partial charge in [-0.05, 0) is 51.4 Å². The van der Waals surface area contributed by atoms with Crippen LogP contribution in [0.15, 0.2) is 12.2 Å². The number of amides is 1. The minimum atomic E-state index is -0.662. The number of hydrogen-bond donors (Lipinski definition) is 3. The lowest BCUT2D eigenvalue weighted by molar-refractivity contribution is -0.143. The molecule has 0 rings (SSSR count). The number of nitrogens with one attached hydrogen (secondary N) is 1. The van der Waals surface area contributed by atoms with E-state index in [9.17, 15) is 19.8 Å². The van der Waals surface area contributed by atoms with Crippen LogP contribution in [0.4, 0.5) is 0 Å². The number of unbranched alkanes of at least 4 members (excludes halogenated alkanes) is 53. The van der Waals surface area contributed by atoms with Crippen LogP contribution < -0.4 is 5.32 Å². The molecular weight excluding hydrogens is 935 g/mol. The molecule has 0 aromatic carbocycles. The second kappa shape index (κ2) is 66.1. The summed E-state index contributed by atoms with van der Waals surface area (Å²) < 4.78 is 5.48. The van der Waals surface area contributed by atoms with Crippen molar-refractivity contribution >= 4 is 11.9 Å². The largest absolute Gasteiger partial charge is 0.466 e. The van der Waals surface area contributed by atoms with Gasteiger partial charge in [0.15, 0.2) is 0 Å². The van der Waals surface area contributed by atoms with Crippen molar-refractivity contribution in [2.75, 3.05) is 13.2 Å². The third-order valence-corrected chi connectivity index (χ3v) is 16.6. The fourth-order valence-electron chi connectivity index (χ4n) is 11.2. The number of allylic oxidation sites excluding steroid dienone is 2. The van der Waals surface area contributed by atoms with E-state index in [2.05, 4.69) is 31.3 Å². The molecule has 2 unspecified atom stereocenters. The van der Waals surface area contributed by atoms with Gasteiger partial charge in [0.2, 0.25) is 5.91 Å². The number of carbonyl (C=O) groups excluding carboxylic acids is 2. The molecule has 0 aliphatic rings. The lowest BCUT2D eigenvalue weighted by Gasteiger charge is -2.22. The smallest absolute Gasteiger partial charge is 0.305 e. The van der Waals surface area contributed by atoms with Crippen LogP contribution in [0.25, 0.3) is 0 Å². The average molecular weight is 1070 g/mol. The van der Waals surface area contributed by atoms with Crippen LogP contribution in [0.2, 0.25) is 0 Å². The van der Waals surface area contributed by atoms with E-state index in [4.69, 9.17) is 4.74 Å². The maximum absolute atomic E-state index is 12.5. The van der Waals surface area contributed by atoms with Gasteiger partial charge >= 0.3 is 5.97 Å². The first-order valence-electron chi connectivity index (χ1n) is 34.9. The second-order valence-electron chi connectivity index (χ2n) is 24.2. The number of esters is 1. The van der Waals surface area contributed by atoms with Gasteiger partial charge in [-0.25, -0.2) is 0 Å². The van der Waals surface area contributed by atoms with Gasteiger partial charge in [0.25, 0.3) is 0 Å². The Morgan fingerprint density at radius 2 is 0.618 bits per heavy atom. The predicted molar refractivity (Wildman–Crippen MR) is 333 cm³/mol. The average Bonchev–Trinajstić information content (AvgIpc) is 3.42. The lowest BCUT2D eigenvalue weighted by atomic mass is 10.0. The standard InChI is InChI=1S/C70H137NO5/c1-3-5-7-9-11-13-15-17-18-36-39-42-46-50-54-58-62-68(73)67(66-72)71-69(74)63-59-55-51-47-43-40-37-34-32-30-28-26-24-22-20-19-21-23-25-27-29-31-33-35-38-41-45-49-53-57-61-65-76-70(75)64-60-56-52-48-44-16-14-12-10-8-6-4-2/h21,23,67-68,72-73H,3-20,22,24-66H2,1-2H3,(H,71,74)/b23-21-. The first kappa shape index (κ1) is 74.6. The first-order valence-corrected chi connectivity index (χ1v) is 34.9. The Hall–Kier alpha value is -1.40. The van der Waals surface area contributed by atoms with Gasteiger partial charge < -0.3 is 20.3 Å². The highest BCUT2D eigenvalue weighted by Crippen LogP contribution is 2.19. The zero-order valence-corrected chi connectivity index (χ0v) is 51.8. The summed E-state index contributed by atoms with van der Waals surface area (Å²) in [4.78, 5) is 24.5. The molecule has 0 radical (unpaired) electrons. The van der Waals surface area contributed by atoms with Crippen LogP contribution >= 0.6 is 0 Å². The van der Waals surface area contributed by atoms with E-state index in [1.807, 2.05) is 0 Å². The molecule has 0 fully saturated rings. The highest BCUT2D eigenvalue weighted by molar-refractivity contribution is 5.76. The number of carbonyl (C=O) groups is 2. The molecule has 0 saturated carbocycles. The Kier molecular flexibility index (Phi) is 64.9. The number of aliphatic hydroxyl groups is 2. The zero-order valence-electron chi connectivity index (χ0n) is 51.8. The third-order valence-electron chi connectivity index (χ3n) is 16.6. The minimum Gasteiger partial charge on any atom is -0.466 e. The quantitative estimate of drug-likeness (QED) is 0.0320. The number of ether oxygens (including phenoxy) is 1. The summed E-state index contributed by atoms with van der Waals surface area (Å²) in [6.07, 6.45) is 81.2. The molecule has 0 bridgehead atoms. The van der Waals surface area contributed by atoms with Gasteiger partial charge in [0.1, 0.15) is 0 Å². The summed E-state index contributed by atoms with van der Waals surface area (Å²) in [7, 11) is 0. The minimum absolute atomic E-state index is 0.0192. The lowest BCUT2D eigenvalue weighted by Crippen LogP contribution is -2.45. The van der Waals surface area contributed by atoms with Crippen LogP contribution in [0.3, 0.4) is 0 Å². The molecule has 0 heterocycles. The van der Waals surface area contributed by atoms with E-state index in [-0.39, 0.29) is 18.5 Å². The van der Waals surface area contributed by atoms with Gasteiger partial charge in [-0.2, -0.15) is 0 Å². The van der Waals surface area contributed by atoms with Gasteiger partial charge in [0.05, 0.1) is 25.4 Å². The molecular formula is C70H137NO5. The van der Waals surface area contributed by atoms with Crippen LogP contribution in [-0.2, 0) is 14.3 Å². The summed E-state index contributed by atoms with van der Waals surface area (Å²) >= 11 is 0. The zero-order chi connectivity index (χ0) is 55.0. The SMILES string of the molecule is CCCCCCCCCCCCCCCCCCC(O)C(CO)NC(=O)CCCCCCCCCCCCCCCCC/C=C\CCCCCCCCCCCCCCOC(=O)CCCCCCCCCCCCCC. The summed E-state index contributed by atoms with van der Waals surface area (Å²) in [6, 6.07) is -0.539. The maximum atomic E-state index is 12.5. The van der Waals surface area contributed by atoms with Crippen molar-refractivity contribution in [3.8, 4) is 0 Å². The molecule has 6 nitrogen and oxygen atoms in total. The third kappa shape index (κ3) is 61.8. The van der Waals surface area contributed by atoms with E-state index < -0.39 is 12.1 Å². The van der Waals surface area contributed by atoms with Gasteiger partial charge in [-0.3, -0.25) is 9.59 Å². The Balaban J connectivity index is 3.35. The fraction of sp³-hybridized carbons (Fsp3) is 0.943. The van der Waals surface area contributed by atoms with Gasteiger partial charge in [-0.1, -0.05) is 347 Å². The molecule has 3 N–H and O–H groups in total. The van der Waals surface area contributed by atoms with Crippen molar-refractivity contribution in [2.45, 2.75) is 411 Å². The monoisotopic (exact) mass is 1070 g/mol. The number of aliphatic hydroxyl groups excluding tert-OH is 2. The summed E-state index contributed by atoms with van der Waals surface area (Å²) in [5.74, 6) is -0.0101. The summed E-state index contributed by atoms with van der Waals surface area (Å²) in [6.45, 7) is 4.99. The number of hydrogen-bond acceptors (Lipinski definition) is 5. The first-order chi connectivity index (χ1) is 37.5. The fourth-order valence-corrected chi connectivity index (χ4v) is 11.2. The van der Waals surface area contributed by atoms with E-state index in [1.165, 1.54) is 327 Å². The molecule has 6 heteroatoms. The predicted octanol–water partition coefficient (Wildman–Crippen LogP) is 22.4. The van der Waals surface area contributed by atoms with E-state index in [0.717, 1.165) is 38.5 Å². The molecule has 452 valence electrons. The highest BCUT2D eigenvalue weighted by Gasteiger charge is 2.20. The molecule has 2 atom stereocenters. The van der Waals surface area contributed by atoms with Crippen molar-refractivity contribution in [1.29, 1.82) is 0 Å². The Labute approximate surface area is 476 Å².